The molecule has 0 aliphatic heterocycles. The van der Waals surface area contributed by atoms with Gasteiger partial charge >= 0.3 is 5.97 Å². The summed E-state index contributed by atoms with van der Waals surface area (Å²) in [5.41, 5.74) is 11.2. The van der Waals surface area contributed by atoms with Crippen molar-refractivity contribution < 1.29 is 9.53 Å². The number of nitrogens with one attached hydrogen (secondary N) is 1. The van der Waals surface area contributed by atoms with Gasteiger partial charge in [0.05, 0.1) is 0 Å². The lowest BCUT2D eigenvalue weighted by Gasteiger charge is -2.20. The Morgan fingerprint density at radius 3 is 2.54 bits per heavy atom. The van der Waals surface area contributed by atoms with Gasteiger partial charge in [0, 0.05) is 12.1 Å². The number of rotatable bonds is 5. The molecule has 5 N–H and O–H groups in total. The molecule has 0 unspecified atom stereocenters. The second-order valence-electron chi connectivity index (χ2n) is 3.13. The van der Waals surface area contributed by atoms with Gasteiger partial charge in [-0.05, 0) is 13.8 Å². The van der Waals surface area contributed by atoms with Crippen LogP contribution >= 0.6 is 0 Å². The van der Waals surface area contributed by atoms with Crippen molar-refractivity contribution in [2.75, 3.05) is 13.2 Å². The van der Waals surface area contributed by atoms with Crippen molar-refractivity contribution in [3.8, 4) is 0 Å². The number of carbonyl (C=O) groups excluding carboxylic acids is 1. The van der Waals surface area contributed by atoms with Crippen LogP contribution < -0.4 is 16.8 Å². The molecule has 0 saturated heterocycles. The zero-order valence-electron chi connectivity index (χ0n) is 8.09. The van der Waals surface area contributed by atoms with Crippen LogP contribution in [0.15, 0.2) is 12.2 Å². The van der Waals surface area contributed by atoms with Gasteiger partial charge < -0.3 is 16.2 Å². The Morgan fingerprint density at radius 1 is 1.62 bits per heavy atom. The highest BCUT2D eigenvalue weighted by molar-refractivity contribution is 5.86. The summed E-state index contributed by atoms with van der Waals surface area (Å²) in [5, 5.41) is 2.76. The molecule has 0 aromatic carbocycles. The highest BCUT2D eigenvalue weighted by atomic mass is 16.5. The van der Waals surface area contributed by atoms with Gasteiger partial charge in [0.25, 0.3) is 0 Å². The van der Waals surface area contributed by atoms with Gasteiger partial charge in [-0.2, -0.15) is 0 Å². The predicted molar refractivity (Wildman–Crippen MR) is 50.6 cm³/mol. The van der Waals surface area contributed by atoms with Crippen molar-refractivity contribution in [2.24, 2.45) is 11.5 Å². The van der Waals surface area contributed by atoms with E-state index in [1.165, 1.54) is 0 Å². The first-order valence-electron chi connectivity index (χ1n) is 3.98. The standard InChI is InChI=1S/C8H17N3O2/c1-6(2)7(12)13-5-4-11-8(3,9)10/h11H,1,4-5,9-10H2,2-3H3. The van der Waals surface area contributed by atoms with Crippen LogP contribution in [-0.2, 0) is 9.53 Å². The Balaban J connectivity index is 3.47. The number of ether oxygens (including phenoxy) is 1. The summed E-state index contributed by atoms with van der Waals surface area (Å²) >= 11 is 0. The van der Waals surface area contributed by atoms with Crippen LogP contribution in [0.5, 0.6) is 0 Å². The molecule has 0 aromatic heterocycles. The van der Waals surface area contributed by atoms with Crippen molar-refractivity contribution >= 4 is 5.97 Å². The number of carbonyl (C=O) groups is 1. The Morgan fingerprint density at radius 2 is 2.15 bits per heavy atom. The van der Waals surface area contributed by atoms with E-state index in [0.717, 1.165) is 0 Å². The van der Waals surface area contributed by atoms with E-state index < -0.39 is 11.8 Å². The van der Waals surface area contributed by atoms with Gasteiger partial charge in [0.1, 0.15) is 12.4 Å². The summed E-state index contributed by atoms with van der Waals surface area (Å²) in [7, 11) is 0. The van der Waals surface area contributed by atoms with Crippen LogP contribution in [0.25, 0.3) is 0 Å². The molecule has 76 valence electrons. The van der Waals surface area contributed by atoms with Crippen LogP contribution in [0.1, 0.15) is 13.8 Å². The molecule has 0 aromatic rings. The van der Waals surface area contributed by atoms with Crippen molar-refractivity contribution in [2.45, 2.75) is 19.6 Å². The topological polar surface area (TPSA) is 90.4 Å². The van der Waals surface area contributed by atoms with Crippen molar-refractivity contribution in [3.05, 3.63) is 12.2 Å². The molecule has 5 heteroatoms. The summed E-state index contributed by atoms with van der Waals surface area (Å²) < 4.78 is 4.79. The maximum Gasteiger partial charge on any atom is 0.333 e. The van der Waals surface area contributed by atoms with Gasteiger partial charge in [0.2, 0.25) is 0 Å². The van der Waals surface area contributed by atoms with E-state index >= 15 is 0 Å². The number of hydrogen-bond acceptors (Lipinski definition) is 5. The average molecular weight is 187 g/mol. The van der Waals surface area contributed by atoms with Crippen LogP contribution in [0.4, 0.5) is 0 Å². The fraction of sp³-hybridized carbons (Fsp3) is 0.625. The van der Waals surface area contributed by atoms with E-state index in [9.17, 15) is 4.79 Å². The van der Waals surface area contributed by atoms with E-state index in [1.807, 2.05) is 0 Å². The number of esters is 1. The molecule has 0 bridgehead atoms. The van der Waals surface area contributed by atoms with Gasteiger partial charge in [-0.25, -0.2) is 4.79 Å². The first kappa shape index (κ1) is 12.1. The predicted octanol–water partition coefficient (Wildman–Crippen LogP) is -0.714. The molecule has 0 atom stereocenters. The monoisotopic (exact) mass is 187 g/mol. The summed E-state index contributed by atoms with van der Waals surface area (Å²) in [4.78, 5) is 10.9. The SMILES string of the molecule is C=C(C)C(=O)OCCNC(C)(N)N. The van der Waals surface area contributed by atoms with Crippen LogP contribution in [0.2, 0.25) is 0 Å². The lowest BCUT2D eigenvalue weighted by atomic mass is 10.4. The Labute approximate surface area is 78.1 Å². The van der Waals surface area contributed by atoms with E-state index in [4.69, 9.17) is 16.2 Å². The van der Waals surface area contributed by atoms with E-state index in [1.54, 1.807) is 13.8 Å². The summed E-state index contributed by atoms with van der Waals surface area (Å²) in [6, 6.07) is 0. The van der Waals surface area contributed by atoms with E-state index in [-0.39, 0.29) is 6.61 Å². The van der Waals surface area contributed by atoms with Crippen LogP contribution in [0.3, 0.4) is 0 Å². The van der Waals surface area contributed by atoms with Gasteiger partial charge in [-0.15, -0.1) is 0 Å². The van der Waals surface area contributed by atoms with Crippen molar-refractivity contribution in [1.29, 1.82) is 0 Å². The smallest absolute Gasteiger partial charge is 0.333 e. The molecule has 13 heavy (non-hydrogen) atoms. The Hall–Kier alpha value is -0.910. The molecular formula is C8H17N3O2. The Bertz CT molecular complexity index is 196. The largest absolute Gasteiger partial charge is 0.461 e. The van der Waals surface area contributed by atoms with Gasteiger partial charge in [0.15, 0.2) is 0 Å². The molecule has 0 radical (unpaired) electrons. The minimum Gasteiger partial charge on any atom is -0.461 e. The highest BCUT2D eigenvalue weighted by Gasteiger charge is 2.09. The molecule has 0 spiro atoms. The maximum atomic E-state index is 10.9. The molecule has 0 aliphatic rings. The quantitative estimate of drug-likeness (QED) is 0.229. The first-order chi connectivity index (χ1) is 5.83. The first-order valence-corrected chi connectivity index (χ1v) is 3.98. The summed E-state index contributed by atoms with van der Waals surface area (Å²) in [5.74, 6) is -1.34. The fourth-order valence-electron chi connectivity index (χ4n) is 0.587. The lowest BCUT2D eigenvalue weighted by Crippen LogP contribution is -2.59. The third kappa shape index (κ3) is 7.45. The molecular weight excluding hydrogens is 170 g/mol. The van der Waals surface area contributed by atoms with Gasteiger partial charge in [-0.3, -0.25) is 5.32 Å². The van der Waals surface area contributed by atoms with Gasteiger partial charge in [-0.1, -0.05) is 6.58 Å². The van der Waals surface area contributed by atoms with E-state index in [0.29, 0.717) is 12.1 Å². The zero-order chi connectivity index (χ0) is 10.5. The summed E-state index contributed by atoms with van der Waals surface area (Å²) in [6.45, 7) is 7.30. The van der Waals surface area contributed by atoms with E-state index in [2.05, 4.69) is 11.9 Å². The molecule has 5 nitrogen and oxygen atoms in total. The molecule has 0 fully saturated rings. The second-order valence-corrected chi connectivity index (χ2v) is 3.13. The van der Waals surface area contributed by atoms with Crippen LogP contribution in [-0.4, -0.2) is 24.9 Å². The second kappa shape index (κ2) is 4.96. The van der Waals surface area contributed by atoms with Crippen LogP contribution in [0, 0.1) is 0 Å². The zero-order valence-corrected chi connectivity index (χ0v) is 8.09. The van der Waals surface area contributed by atoms with Crippen molar-refractivity contribution in [3.63, 3.8) is 0 Å². The summed E-state index contributed by atoms with van der Waals surface area (Å²) in [6.07, 6.45) is 0. The number of hydrogen-bond donors (Lipinski definition) is 3. The maximum absolute atomic E-state index is 10.9. The van der Waals surface area contributed by atoms with Crippen molar-refractivity contribution in [1.82, 2.24) is 5.32 Å². The fourth-order valence-corrected chi connectivity index (χ4v) is 0.587. The molecule has 0 amide bonds. The average Bonchev–Trinajstić information content (AvgIpc) is 1.95. The number of nitrogens with two attached hydrogens (primary N) is 2. The molecule has 0 heterocycles. The minimum atomic E-state index is -0.935. The highest BCUT2D eigenvalue weighted by Crippen LogP contribution is 1.90. The molecule has 0 rings (SSSR count). The lowest BCUT2D eigenvalue weighted by molar-refractivity contribution is -0.138. The third-order valence-corrected chi connectivity index (χ3v) is 1.19. The molecule has 0 saturated carbocycles. The Kier molecular flexibility index (Phi) is 4.61. The molecule has 0 aliphatic carbocycles. The normalized spacial score (nSPS) is 11.1. The third-order valence-electron chi connectivity index (χ3n) is 1.19. The minimum absolute atomic E-state index is 0.232.